The molecule has 168 valence electrons. The number of rotatable bonds is 7. The van der Waals surface area contributed by atoms with Crippen molar-refractivity contribution in [3.05, 3.63) is 94.0 Å². The maximum atomic E-state index is 13.0. The van der Waals surface area contributed by atoms with E-state index in [2.05, 4.69) is 79.0 Å². The Balaban J connectivity index is 1.59. The molecule has 0 saturated carbocycles. The van der Waals surface area contributed by atoms with Crippen molar-refractivity contribution in [3.63, 3.8) is 0 Å². The average Bonchev–Trinajstić information content (AvgIpc) is 2.79. The molecule has 0 amide bonds. The molecular formula is C25H28BrN3O2S. The average molecular weight is 514 g/mol. The minimum Gasteiger partial charge on any atom is -0.378 e. The van der Waals surface area contributed by atoms with Crippen molar-refractivity contribution in [1.29, 1.82) is 0 Å². The number of hydrogen-bond donors (Lipinski definition) is 1. The molecule has 1 N–H and O–H groups in total. The highest BCUT2D eigenvalue weighted by molar-refractivity contribution is 9.10. The number of anilines is 1. The predicted molar refractivity (Wildman–Crippen MR) is 133 cm³/mol. The lowest BCUT2D eigenvalue weighted by Gasteiger charge is -2.36. The van der Waals surface area contributed by atoms with Gasteiger partial charge in [0, 0.05) is 49.9 Å². The van der Waals surface area contributed by atoms with Crippen LogP contribution in [0.25, 0.3) is 0 Å². The van der Waals surface area contributed by atoms with Crippen LogP contribution in [-0.4, -0.2) is 40.5 Å². The van der Waals surface area contributed by atoms with Crippen LogP contribution in [0.2, 0.25) is 0 Å². The maximum Gasteiger partial charge on any atom is 0.240 e. The summed E-state index contributed by atoms with van der Waals surface area (Å²) in [5.41, 5.74) is 4.91. The van der Waals surface area contributed by atoms with Gasteiger partial charge in [-0.05, 0) is 59.5 Å². The van der Waals surface area contributed by atoms with Crippen molar-refractivity contribution in [2.75, 3.05) is 32.1 Å². The molecule has 7 heteroatoms. The molecule has 0 aliphatic carbocycles. The predicted octanol–water partition coefficient (Wildman–Crippen LogP) is 4.59. The standard InChI is InChI=1S/C25H28BrN3O2S/c1-28(2)23-11-7-20(8-12-23)25(29-16-15-19-5-3-4-6-21(19)18-29)17-27-32(30,31)24-13-9-22(26)10-14-24/h3-14,25,27H,15-18H2,1-2H3. The molecule has 0 aromatic heterocycles. The summed E-state index contributed by atoms with van der Waals surface area (Å²) in [6.07, 6.45) is 0.960. The largest absolute Gasteiger partial charge is 0.378 e. The number of nitrogens with one attached hydrogen (secondary N) is 1. The van der Waals surface area contributed by atoms with Gasteiger partial charge in [0.25, 0.3) is 0 Å². The lowest BCUT2D eigenvalue weighted by molar-refractivity contribution is 0.180. The summed E-state index contributed by atoms with van der Waals surface area (Å²) in [4.78, 5) is 4.70. The zero-order valence-electron chi connectivity index (χ0n) is 18.3. The van der Waals surface area contributed by atoms with Gasteiger partial charge in [0.15, 0.2) is 0 Å². The second-order valence-corrected chi connectivity index (χ2v) is 11.0. The van der Waals surface area contributed by atoms with Gasteiger partial charge in [-0.3, -0.25) is 4.90 Å². The summed E-state index contributed by atoms with van der Waals surface area (Å²) in [6.45, 7) is 2.00. The second-order valence-electron chi connectivity index (χ2n) is 8.30. The van der Waals surface area contributed by atoms with E-state index in [9.17, 15) is 8.42 Å². The van der Waals surface area contributed by atoms with Crippen LogP contribution in [-0.2, 0) is 23.0 Å². The molecule has 5 nitrogen and oxygen atoms in total. The Morgan fingerprint density at radius 1 is 0.969 bits per heavy atom. The fourth-order valence-corrected chi connectivity index (χ4v) is 5.42. The Hall–Kier alpha value is -2.19. The third kappa shape index (κ3) is 5.23. The van der Waals surface area contributed by atoms with Gasteiger partial charge in [-0.1, -0.05) is 52.3 Å². The number of hydrogen-bond acceptors (Lipinski definition) is 4. The van der Waals surface area contributed by atoms with E-state index in [-0.39, 0.29) is 10.9 Å². The molecule has 0 spiro atoms. The highest BCUT2D eigenvalue weighted by Gasteiger charge is 2.26. The van der Waals surface area contributed by atoms with E-state index in [0.29, 0.717) is 6.54 Å². The maximum absolute atomic E-state index is 13.0. The molecule has 3 aromatic carbocycles. The summed E-state index contributed by atoms with van der Waals surface area (Å²) in [5.74, 6) is 0. The van der Waals surface area contributed by atoms with Gasteiger partial charge in [0.05, 0.1) is 4.90 Å². The summed E-state index contributed by atoms with van der Waals surface area (Å²) >= 11 is 3.36. The molecule has 1 atom stereocenters. The first-order chi connectivity index (χ1) is 15.3. The van der Waals surface area contributed by atoms with Crippen molar-refractivity contribution in [1.82, 2.24) is 9.62 Å². The summed E-state index contributed by atoms with van der Waals surface area (Å²) in [5, 5.41) is 0. The van der Waals surface area contributed by atoms with Crippen LogP contribution < -0.4 is 9.62 Å². The van der Waals surface area contributed by atoms with Gasteiger partial charge in [0.1, 0.15) is 0 Å². The zero-order chi connectivity index (χ0) is 22.7. The van der Waals surface area contributed by atoms with Crippen molar-refractivity contribution < 1.29 is 8.42 Å². The van der Waals surface area contributed by atoms with E-state index in [1.807, 2.05) is 14.1 Å². The molecule has 1 aliphatic rings. The molecule has 4 rings (SSSR count). The third-order valence-electron chi connectivity index (χ3n) is 5.99. The Labute approximate surface area is 199 Å². The number of benzene rings is 3. The highest BCUT2D eigenvalue weighted by Crippen LogP contribution is 2.29. The van der Waals surface area contributed by atoms with E-state index in [1.54, 1.807) is 24.3 Å². The molecule has 1 heterocycles. The molecule has 0 fully saturated rings. The zero-order valence-corrected chi connectivity index (χ0v) is 20.7. The van der Waals surface area contributed by atoms with Crippen molar-refractivity contribution in [2.45, 2.75) is 23.9 Å². The third-order valence-corrected chi connectivity index (χ3v) is 7.95. The van der Waals surface area contributed by atoms with E-state index >= 15 is 0 Å². The fourth-order valence-electron chi connectivity index (χ4n) is 4.12. The molecule has 1 unspecified atom stereocenters. The quantitative estimate of drug-likeness (QED) is 0.501. The van der Waals surface area contributed by atoms with Crippen molar-refractivity contribution >= 4 is 31.6 Å². The molecule has 0 saturated heterocycles. The van der Waals surface area contributed by atoms with Gasteiger partial charge in [-0.25, -0.2) is 13.1 Å². The van der Waals surface area contributed by atoms with Gasteiger partial charge < -0.3 is 4.90 Å². The van der Waals surface area contributed by atoms with E-state index in [0.717, 1.165) is 35.2 Å². The molecule has 1 aliphatic heterocycles. The molecular weight excluding hydrogens is 486 g/mol. The summed E-state index contributed by atoms with van der Waals surface area (Å²) in [6, 6.07) is 23.5. The Morgan fingerprint density at radius 2 is 1.62 bits per heavy atom. The van der Waals surface area contributed by atoms with Crippen LogP contribution >= 0.6 is 15.9 Å². The first-order valence-corrected chi connectivity index (χ1v) is 12.9. The minimum absolute atomic E-state index is 0.0650. The van der Waals surface area contributed by atoms with Gasteiger partial charge in [0.2, 0.25) is 10.0 Å². The van der Waals surface area contributed by atoms with E-state index in [4.69, 9.17) is 0 Å². The Bertz CT molecular complexity index is 1160. The van der Waals surface area contributed by atoms with E-state index < -0.39 is 10.0 Å². The smallest absolute Gasteiger partial charge is 0.240 e. The molecule has 0 radical (unpaired) electrons. The number of sulfonamides is 1. The van der Waals surface area contributed by atoms with Crippen LogP contribution in [0.1, 0.15) is 22.7 Å². The lowest BCUT2D eigenvalue weighted by atomic mass is 9.96. The summed E-state index contributed by atoms with van der Waals surface area (Å²) < 4.78 is 29.6. The van der Waals surface area contributed by atoms with Crippen molar-refractivity contribution in [3.8, 4) is 0 Å². The number of nitrogens with zero attached hydrogens (tertiary/aromatic N) is 2. The van der Waals surface area contributed by atoms with Crippen LogP contribution in [0.3, 0.4) is 0 Å². The molecule has 32 heavy (non-hydrogen) atoms. The van der Waals surface area contributed by atoms with Crippen LogP contribution in [0, 0.1) is 0 Å². The number of halogens is 1. The van der Waals surface area contributed by atoms with Gasteiger partial charge in [-0.15, -0.1) is 0 Å². The first-order valence-electron chi connectivity index (χ1n) is 10.7. The molecule has 3 aromatic rings. The fraction of sp³-hybridized carbons (Fsp3) is 0.280. The van der Waals surface area contributed by atoms with Gasteiger partial charge >= 0.3 is 0 Å². The lowest BCUT2D eigenvalue weighted by Crippen LogP contribution is -2.40. The Morgan fingerprint density at radius 3 is 2.28 bits per heavy atom. The SMILES string of the molecule is CN(C)c1ccc(C(CNS(=O)(=O)c2ccc(Br)cc2)N2CCc3ccccc3C2)cc1. The summed E-state index contributed by atoms with van der Waals surface area (Å²) in [7, 11) is 0.422. The monoisotopic (exact) mass is 513 g/mol. The Kier molecular flexibility index (Phi) is 7.00. The highest BCUT2D eigenvalue weighted by atomic mass is 79.9. The molecule has 0 bridgehead atoms. The normalized spacial score (nSPS) is 15.2. The van der Waals surface area contributed by atoms with Gasteiger partial charge in [-0.2, -0.15) is 0 Å². The minimum atomic E-state index is -3.61. The second kappa shape index (κ2) is 9.75. The van der Waals surface area contributed by atoms with Crippen LogP contribution in [0.5, 0.6) is 0 Å². The van der Waals surface area contributed by atoms with Crippen molar-refractivity contribution in [2.24, 2.45) is 0 Å². The van der Waals surface area contributed by atoms with E-state index in [1.165, 1.54) is 11.1 Å². The number of fused-ring (bicyclic) bond motifs is 1. The first kappa shape index (κ1) is 23.0. The van der Waals surface area contributed by atoms with Crippen LogP contribution in [0.15, 0.2) is 82.2 Å². The topological polar surface area (TPSA) is 52.7 Å². The van der Waals surface area contributed by atoms with Crippen LogP contribution in [0.4, 0.5) is 5.69 Å².